The lowest BCUT2D eigenvalue weighted by molar-refractivity contribution is -0.138. The fraction of sp³-hybridized carbons (Fsp3) is 0.250. The predicted molar refractivity (Wildman–Crippen MR) is 112 cm³/mol. The number of halogens is 5. The van der Waals surface area contributed by atoms with E-state index >= 15 is 4.39 Å². The highest BCUT2D eigenvalue weighted by Crippen LogP contribution is 2.32. The van der Waals surface area contributed by atoms with Gasteiger partial charge in [-0.1, -0.05) is 28.9 Å². The Morgan fingerprint density at radius 2 is 1.85 bits per heavy atom. The zero-order valence-corrected chi connectivity index (χ0v) is 18.7. The van der Waals surface area contributed by atoms with Crippen molar-refractivity contribution in [3.05, 3.63) is 65.3 Å². The first-order chi connectivity index (χ1) is 15.9. The van der Waals surface area contributed by atoms with E-state index in [1.54, 1.807) is 0 Å². The molecule has 0 aliphatic heterocycles. The number of carbonyl (C=O) groups is 1. The fourth-order valence-corrected chi connectivity index (χ4v) is 4.86. The zero-order valence-electron chi connectivity index (χ0n) is 17.1. The summed E-state index contributed by atoms with van der Waals surface area (Å²) < 4.78 is 84.7. The van der Waals surface area contributed by atoms with Crippen LogP contribution in [0.5, 0.6) is 0 Å². The summed E-state index contributed by atoms with van der Waals surface area (Å²) in [7, 11) is -4.49. The van der Waals surface area contributed by atoms with Crippen LogP contribution in [-0.2, 0) is 14.6 Å². The molecule has 2 atom stereocenters. The van der Waals surface area contributed by atoms with Crippen molar-refractivity contribution in [3.8, 4) is 11.4 Å². The van der Waals surface area contributed by atoms with E-state index in [9.17, 15) is 26.4 Å². The van der Waals surface area contributed by atoms with Gasteiger partial charge in [-0.2, -0.15) is 18.2 Å². The van der Waals surface area contributed by atoms with Gasteiger partial charge in [-0.3, -0.25) is 10.1 Å². The first-order valence-electron chi connectivity index (χ1n) is 9.56. The zero-order chi connectivity index (χ0) is 25.1. The van der Waals surface area contributed by atoms with Crippen molar-refractivity contribution in [2.45, 2.75) is 35.3 Å². The topological polar surface area (TPSA) is 128 Å². The van der Waals surface area contributed by atoms with Gasteiger partial charge in [0.2, 0.25) is 18.1 Å². The highest BCUT2D eigenvalue weighted by molar-refractivity contribution is 7.91. The van der Waals surface area contributed by atoms with Crippen LogP contribution in [0.4, 0.5) is 17.6 Å². The van der Waals surface area contributed by atoms with Gasteiger partial charge < -0.3 is 10.3 Å². The summed E-state index contributed by atoms with van der Waals surface area (Å²) in [4.78, 5) is 15.3. The van der Waals surface area contributed by atoms with Gasteiger partial charge in [-0.05, 0) is 36.8 Å². The minimum Gasteiger partial charge on any atom is -0.368 e. The Kier molecular flexibility index (Phi) is 7.58. The molecule has 182 valence electrons. The SMILES string of the molecule is NC(=O)[C@@H](CCC(F)(F)F)N[C@@H](c1ccc(-c2ncon2)cc1F)S(=O)(=O)c1ccc(Cl)cc1. The first-order valence-corrected chi connectivity index (χ1v) is 11.5. The van der Waals surface area contributed by atoms with Crippen LogP contribution in [0.2, 0.25) is 5.02 Å². The minimum absolute atomic E-state index is 0.0238. The van der Waals surface area contributed by atoms with Crippen molar-refractivity contribution in [1.82, 2.24) is 15.5 Å². The van der Waals surface area contributed by atoms with Crippen LogP contribution in [0.1, 0.15) is 23.8 Å². The molecule has 0 saturated carbocycles. The Morgan fingerprint density at radius 1 is 1.18 bits per heavy atom. The normalized spacial score (nSPS) is 14.0. The molecule has 0 unspecified atom stereocenters. The fourth-order valence-electron chi connectivity index (χ4n) is 3.08. The number of hydrogen-bond acceptors (Lipinski definition) is 7. The molecule has 3 rings (SSSR count). The molecule has 0 radical (unpaired) electrons. The number of aromatic nitrogens is 2. The van der Waals surface area contributed by atoms with Crippen LogP contribution in [0.15, 0.2) is 58.3 Å². The molecule has 1 amide bonds. The van der Waals surface area contributed by atoms with Gasteiger partial charge in [-0.25, -0.2) is 12.8 Å². The van der Waals surface area contributed by atoms with Gasteiger partial charge in [0.1, 0.15) is 11.2 Å². The van der Waals surface area contributed by atoms with Crippen molar-refractivity contribution < 1.29 is 35.3 Å². The van der Waals surface area contributed by atoms with E-state index in [0.717, 1.165) is 30.7 Å². The standard InChI is InChI=1S/C20H17ClF4N4O4S/c21-12-2-4-13(5-3-12)34(31,32)19(28-16(17(26)30)7-8-20(23,24)25)14-6-1-11(9-15(14)22)18-27-10-33-29-18/h1-6,9-10,16,19,28H,7-8H2,(H2,26,30)/t16-,19-/m1/s1. The molecule has 3 N–H and O–H groups in total. The number of primary amides is 1. The van der Waals surface area contributed by atoms with Crippen molar-refractivity contribution in [2.24, 2.45) is 5.73 Å². The third-order valence-electron chi connectivity index (χ3n) is 4.77. The van der Waals surface area contributed by atoms with Gasteiger partial charge in [0.25, 0.3) is 0 Å². The third kappa shape index (κ3) is 6.10. The van der Waals surface area contributed by atoms with Crippen LogP contribution in [-0.4, -0.2) is 36.7 Å². The van der Waals surface area contributed by atoms with E-state index in [4.69, 9.17) is 17.3 Å². The molecule has 0 saturated heterocycles. The molecule has 1 aromatic heterocycles. The molecule has 14 heteroatoms. The molecule has 0 fully saturated rings. The lowest BCUT2D eigenvalue weighted by Gasteiger charge is -2.25. The smallest absolute Gasteiger partial charge is 0.368 e. The Balaban J connectivity index is 2.06. The average Bonchev–Trinajstić information content (AvgIpc) is 3.28. The number of hydrogen-bond donors (Lipinski definition) is 2. The second-order valence-corrected chi connectivity index (χ2v) is 9.61. The first kappa shape index (κ1) is 25.6. The molecule has 2 aromatic carbocycles. The molecule has 3 aromatic rings. The quantitative estimate of drug-likeness (QED) is 0.411. The molecule has 0 bridgehead atoms. The Labute approximate surface area is 196 Å². The maximum atomic E-state index is 15.1. The summed E-state index contributed by atoms with van der Waals surface area (Å²) in [5.41, 5.74) is 4.91. The van der Waals surface area contributed by atoms with Crippen LogP contribution in [0, 0.1) is 5.82 Å². The molecule has 0 spiro atoms. The molecule has 1 heterocycles. The van der Waals surface area contributed by atoms with E-state index in [1.165, 1.54) is 18.2 Å². The summed E-state index contributed by atoms with van der Waals surface area (Å²) in [6, 6.07) is 6.43. The maximum Gasteiger partial charge on any atom is 0.389 e. The van der Waals surface area contributed by atoms with E-state index in [2.05, 4.69) is 20.0 Å². The highest BCUT2D eigenvalue weighted by Gasteiger charge is 2.36. The summed E-state index contributed by atoms with van der Waals surface area (Å²) >= 11 is 5.80. The predicted octanol–water partition coefficient (Wildman–Crippen LogP) is 3.79. The van der Waals surface area contributed by atoms with Crippen LogP contribution < -0.4 is 11.1 Å². The van der Waals surface area contributed by atoms with Crippen LogP contribution in [0.3, 0.4) is 0 Å². The molecular weight excluding hydrogens is 504 g/mol. The number of nitrogens with two attached hydrogens (primary N) is 1. The Bertz CT molecular complexity index is 1250. The van der Waals surface area contributed by atoms with E-state index in [-0.39, 0.29) is 21.3 Å². The number of amides is 1. The average molecular weight is 521 g/mol. The van der Waals surface area contributed by atoms with E-state index < -0.39 is 57.6 Å². The van der Waals surface area contributed by atoms with Crippen LogP contribution in [0.25, 0.3) is 11.4 Å². The third-order valence-corrected chi connectivity index (χ3v) is 6.96. The second kappa shape index (κ2) is 10.1. The Hall–Kier alpha value is -3.03. The lowest BCUT2D eigenvalue weighted by atomic mass is 10.1. The molecule has 0 aliphatic carbocycles. The highest BCUT2D eigenvalue weighted by atomic mass is 35.5. The van der Waals surface area contributed by atoms with E-state index in [0.29, 0.717) is 0 Å². The number of nitrogens with one attached hydrogen (secondary N) is 1. The maximum absolute atomic E-state index is 15.1. The second-order valence-electron chi connectivity index (χ2n) is 7.15. The number of rotatable bonds is 9. The van der Waals surface area contributed by atoms with Crippen molar-refractivity contribution in [3.63, 3.8) is 0 Å². The van der Waals surface area contributed by atoms with Gasteiger partial charge in [0, 0.05) is 22.6 Å². The molecular formula is C20H17ClF4N4O4S. The van der Waals surface area contributed by atoms with Gasteiger partial charge >= 0.3 is 6.18 Å². The Morgan fingerprint density at radius 3 is 2.38 bits per heavy atom. The summed E-state index contributed by atoms with van der Waals surface area (Å²) in [5, 5.41) is 4.13. The number of benzene rings is 2. The largest absolute Gasteiger partial charge is 0.389 e. The summed E-state index contributed by atoms with van der Waals surface area (Å²) in [5.74, 6) is -2.25. The van der Waals surface area contributed by atoms with Crippen molar-refractivity contribution in [2.75, 3.05) is 0 Å². The molecule has 8 nitrogen and oxygen atoms in total. The number of nitrogens with zero attached hydrogens (tertiary/aromatic N) is 2. The lowest BCUT2D eigenvalue weighted by Crippen LogP contribution is -2.46. The van der Waals surface area contributed by atoms with Crippen molar-refractivity contribution in [1.29, 1.82) is 0 Å². The van der Waals surface area contributed by atoms with Crippen LogP contribution >= 0.6 is 11.6 Å². The van der Waals surface area contributed by atoms with Gasteiger partial charge in [-0.15, -0.1) is 0 Å². The minimum atomic E-state index is -4.63. The number of carbonyl (C=O) groups excluding carboxylic acids is 1. The van der Waals surface area contributed by atoms with Gasteiger partial charge in [0.05, 0.1) is 10.9 Å². The summed E-state index contributed by atoms with van der Waals surface area (Å²) in [6.07, 6.45) is -5.89. The van der Waals surface area contributed by atoms with E-state index in [1.807, 2.05) is 0 Å². The number of sulfone groups is 1. The molecule has 0 aliphatic rings. The monoisotopic (exact) mass is 520 g/mol. The summed E-state index contributed by atoms with van der Waals surface area (Å²) in [6.45, 7) is 0. The molecule has 34 heavy (non-hydrogen) atoms. The van der Waals surface area contributed by atoms with Gasteiger partial charge in [0.15, 0.2) is 9.84 Å². The van der Waals surface area contributed by atoms with Crippen molar-refractivity contribution >= 4 is 27.3 Å². The number of alkyl halides is 3.